The maximum absolute atomic E-state index is 13.7. The van der Waals surface area contributed by atoms with E-state index in [9.17, 15) is 9.18 Å². The fourth-order valence-corrected chi connectivity index (χ4v) is 3.93. The predicted octanol–water partition coefficient (Wildman–Crippen LogP) is 6.31. The molecule has 6 nitrogen and oxygen atoms in total. The van der Waals surface area contributed by atoms with Crippen LogP contribution in [0.2, 0.25) is 0 Å². The van der Waals surface area contributed by atoms with Crippen LogP contribution >= 0.6 is 0 Å². The van der Waals surface area contributed by atoms with Crippen LogP contribution in [0.3, 0.4) is 0 Å². The molecule has 1 saturated carbocycles. The zero-order valence-corrected chi connectivity index (χ0v) is 18.0. The van der Waals surface area contributed by atoms with Crippen LogP contribution in [-0.2, 0) is 0 Å². The third-order valence-corrected chi connectivity index (χ3v) is 5.84. The first kappa shape index (κ1) is 20.9. The Morgan fingerprint density at radius 1 is 1.15 bits per heavy atom. The number of carboxylic acids is 1. The molecule has 0 bridgehead atoms. The summed E-state index contributed by atoms with van der Waals surface area (Å²) >= 11 is 0. The SMILES string of the molecule is C[C@H](Nc1nccc2c(C3CC3)cnc(Oc3cccc(F)c3)c12)c1ccc(C(=O)O)cc1. The first-order valence-corrected chi connectivity index (χ1v) is 10.8. The minimum absolute atomic E-state index is 0.155. The van der Waals surface area contributed by atoms with Gasteiger partial charge in [0.05, 0.1) is 10.9 Å². The number of carboxylic acid groups (broad SMARTS) is 1. The molecule has 0 amide bonds. The third kappa shape index (κ3) is 4.35. The molecule has 2 aromatic carbocycles. The highest BCUT2D eigenvalue weighted by atomic mass is 19.1. The van der Waals surface area contributed by atoms with Gasteiger partial charge in [0.15, 0.2) is 0 Å². The predicted molar refractivity (Wildman–Crippen MR) is 123 cm³/mol. The molecule has 1 atom stereocenters. The lowest BCUT2D eigenvalue weighted by molar-refractivity contribution is 0.0697. The number of hydrogen-bond acceptors (Lipinski definition) is 5. The van der Waals surface area contributed by atoms with Crippen molar-refractivity contribution in [2.75, 3.05) is 5.32 Å². The maximum Gasteiger partial charge on any atom is 0.335 e. The lowest BCUT2D eigenvalue weighted by Crippen LogP contribution is -2.09. The summed E-state index contributed by atoms with van der Waals surface area (Å²) in [4.78, 5) is 20.3. The Hall–Kier alpha value is -4.00. The second kappa shape index (κ2) is 8.50. The number of carbonyl (C=O) groups is 1. The van der Waals surface area contributed by atoms with Gasteiger partial charge in [0.2, 0.25) is 5.88 Å². The van der Waals surface area contributed by atoms with Gasteiger partial charge in [0.1, 0.15) is 17.4 Å². The van der Waals surface area contributed by atoms with E-state index in [1.165, 1.54) is 12.1 Å². The first-order valence-electron chi connectivity index (χ1n) is 10.8. The number of anilines is 1. The lowest BCUT2D eigenvalue weighted by atomic mass is 10.0. The Labute approximate surface area is 190 Å². The van der Waals surface area contributed by atoms with E-state index in [1.54, 1.807) is 42.6 Å². The van der Waals surface area contributed by atoms with Crippen LogP contribution in [0.4, 0.5) is 10.2 Å². The second-order valence-electron chi connectivity index (χ2n) is 8.23. The standard InChI is InChI=1S/C26H22FN3O3/c1-15(16-5-9-18(10-6-16)26(31)32)30-24-23-21(11-12-28-24)22(17-7-8-17)14-29-25(23)33-20-4-2-3-19(27)13-20/h2-6,9-15,17H,7-8H2,1H3,(H,28,30)(H,31,32)/t15-/m0/s1. The van der Waals surface area contributed by atoms with Crippen LogP contribution in [-0.4, -0.2) is 21.0 Å². The highest BCUT2D eigenvalue weighted by Crippen LogP contribution is 2.45. The summed E-state index contributed by atoms with van der Waals surface area (Å²) in [5.74, 6) is 0.430. The van der Waals surface area contributed by atoms with Gasteiger partial charge in [-0.05, 0) is 72.5 Å². The van der Waals surface area contributed by atoms with Crippen molar-refractivity contribution in [2.24, 2.45) is 0 Å². The summed E-state index contributed by atoms with van der Waals surface area (Å²) in [6.45, 7) is 1.97. The van der Waals surface area contributed by atoms with Crippen molar-refractivity contribution in [2.45, 2.75) is 31.7 Å². The van der Waals surface area contributed by atoms with Gasteiger partial charge in [0, 0.05) is 24.5 Å². The van der Waals surface area contributed by atoms with Crippen LogP contribution < -0.4 is 10.1 Å². The van der Waals surface area contributed by atoms with E-state index in [1.807, 2.05) is 19.2 Å². The maximum atomic E-state index is 13.7. The third-order valence-electron chi connectivity index (χ3n) is 5.84. The molecule has 0 unspecified atom stereocenters. The zero-order chi connectivity index (χ0) is 22.9. The highest BCUT2D eigenvalue weighted by molar-refractivity contribution is 5.98. The van der Waals surface area contributed by atoms with Crippen molar-refractivity contribution in [1.82, 2.24) is 9.97 Å². The largest absolute Gasteiger partial charge is 0.478 e. The van der Waals surface area contributed by atoms with Gasteiger partial charge in [-0.1, -0.05) is 18.2 Å². The summed E-state index contributed by atoms with van der Waals surface area (Å²) in [6, 6.07) is 14.5. The molecule has 7 heteroatoms. The number of ether oxygens (including phenoxy) is 1. The molecule has 1 fully saturated rings. The molecule has 4 aromatic rings. The molecule has 33 heavy (non-hydrogen) atoms. The normalized spacial score (nSPS) is 14.1. The average Bonchev–Trinajstić information content (AvgIpc) is 3.65. The number of nitrogens with zero attached hydrogens (tertiary/aromatic N) is 2. The summed E-state index contributed by atoms with van der Waals surface area (Å²) < 4.78 is 19.7. The number of rotatable bonds is 7. The molecular formula is C26H22FN3O3. The van der Waals surface area contributed by atoms with Gasteiger partial charge in [-0.3, -0.25) is 0 Å². The van der Waals surface area contributed by atoms with E-state index >= 15 is 0 Å². The Morgan fingerprint density at radius 2 is 1.94 bits per heavy atom. The summed E-state index contributed by atoms with van der Waals surface area (Å²) in [5, 5.41) is 14.3. The van der Waals surface area contributed by atoms with Crippen LogP contribution in [0.1, 0.15) is 53.2 Å². The minimum Gasteiger partial charge on any atom is -0.478 e. The average molecular weight is 443 g/mol. The van der Waals surface area contributed by atoms with E-state index in [2.05, 4.69) is 15.3 Å². The van der Waals surface area contributed by atoms with Gasteiger partial charge in [0.25, 0.3) is 0 Å². The first-order chi connectivity index (χ1) is 16.0. The number of fused-ring (bicyclic) bond motifs is 1. The van der Waals surface area contributed by atoms with Gasteiger partial charge < -0.3 is 15.2 Å². The van der Waals surface area contributed by atoms with Crippen LogP contribution in [0.5, 0.6) is 11.6 Å². The Balaban J connectivity index is 1.54. The van der Waals surface area contributed by atoms with E-state index in [-0.39, 0.29) is 17.4 Å². The molecule has 0 aliphatic heterocycles. The van der Waals surface area contributed by atoms with Crippen molar-refractivity contribution >= 4 is 22.6 Å². The molecule has 0 radical (unpaired) electrons. The molecular weight excluding hydrogens is 421 g/mol. The monoisotopic (exact) mass is 443 g/mol. The van der Waals surface area contributed by atoms with Crippen molar-refractivity contribution in [3.63, 3.8) is 0 Å². The van der Waals surface area contributed by atoms with Crippen LogP contribution in [0.25, 0.3) is 10.8 Å². The molecule has 2 N–H and O–H groups in total. The Morgan fingerprint density at radius 3 is 2.64 bits per heavy atom. The number of aromatic nitrogens is 2. The van der Waals surface area contributed by atoms with E-state index < -0.39 is 5.97 Å². The van der Waals surface area contributed by atoms with E-state index in [4.69, 9.17) is 9.84 Å². The number of nitrogens with one attached hydrogen (secondary N) is 1. The lowest BCUT2D eigenvalue weighted by Gasteiger charge is -2.19. The molecule has 1 aliphatic rings. The quantitative estimate of drug-likeness (QED) is 0.348. The summed E-state index contributed by atoms with van der Waals surface area (Å²) in [7, 11) is 0. The fraction of sp³-hybridized carbons (Fsp3) is 0.192. The van der Waals surface area contributed by atoms with Gasteiger partial charge >= 0.3 is 5.97 Å². The van der Waals surface area contributed by atoms with Crippen molar-refractivity contribution in [3.05, 3.63) is 89.5 Å². The highest BCUT2D eigenvalue weighted by Gasteiger charge is 2.28. The van der Waals surface area contributed by atoms with Crippen molar-refractivity contribution in [1.29, 1.82) is 0 Å². The molecule has 0 spiro atoms. The van der Waals surface area contributed by atoms with E-state index in [0.29, 0.717) is 23.4 Å². The minimum atomic E-state index is -0.962. The topological polar surface area (TPSA) is 84.3 Å². The van der Waals surface area contributed by atoms with Gasteiger partial charge in [-0.15, -0.1) is 0 Å². The molecule has 2 aromatic heterocycles. The summed E-state index contributed by atoms with van der Waals surface area (Å²) in [6.07, 6.45) is 5.84. The molecule has 166 valence electrons. The van der Waals surface area contributed by atoms with E-state index in [0.717, 1.165) is 34.7 Å². The summed E-state index contributed by atoms with van der Waals surface area (Å²) in [5.41, 5.74) is 2.30. The van der Waals surface area contributed by atoms with Gasteiger partial charge in [-0.25, -0.2) is 19.2 Å². The molecule has 5 rings (SSSR count). The number of hydrogen-bond donors (Lipinski definition) is 2. The fourth-order valence-electron chi connectivity index (χ4n) is 3.93. The number of aromatic carboxylic acids is 1. The molecule has 2 heterocycles. The number of halogens is 1. The number of pyridine rings is 2. The van der Waals surface area contributed by atoms with Crippen LogP contribution in [0, 0.1) is 5.82 Å². The Bertz CT molecular complexity index is 1340. The molecule has 0 saturated heterocycles. The zero-order valence-electron chi connectivity index (χ0n) is 18.0. The second-order valence-corrected chi connectivity index (χ2v) is 8.23. The number of benzene rings is 2. The molecule has 1 aliphatic carbocycles. The van der Waals surface area contributed by atoms with Crippen molar-refractivity contribution in [3.8, 4) is 11.6 Å². The van der Waals surface area contributed by atoms with Crippen molar-refractivity contribution < 1.29 is 19.0 Å². The smallest absolute Gasteiger partial charge is 0.335 e. The van der Waals surface area contributed by atoms with Gasteiger partial charge in [-0.2, -0.15) is 0 Å². The Kier molecular flexibility index (Phi) is 5.38. The van der Waals surface area contributed by atoms with Crippen LogP contribution in [0.15, 0.2) is 67.0 Å².